The minimum atomic E-state index is -0.369. The monoisotopic (exact) mass is 542 g/mol. The molecule has 0 spiro atoms. The summed E-state index contributed by atoms with van der Waals surface area (Å²) < 4.78 is 0. The molecule has 220 valence electrons. The number of amides is 1. The third kappa shape index (κ3) is 6.14. The zero-order valence-corrected chi connectivity index (χ0v) is 25.9. The number of nitrogens with one attached hydrogen (secondary N) is 1. The zero-order valence-electron chi connectivity index (χ0n) is 25.9. The van der Waals surface area contributed by atoms with E-state index in [9.17, 15) is 9.59 Å². The van der Waals surface area contributed by atoms with Gasteiger partial charge in [0, 0.05) is 44.1 Å². The van der Waals surface area contributed by atoms with Gasteiger partial charge in [-0.05, 0) is 121 Å². The first-order valence-electron chi connectivity index (χ1n) is 15.4. The first kappa shape index (κ1) is 30.2. The Hall–Kier alpha value is -1.73. The Balaban J connectivity index is 1.40. The van der Waals surface area contributed by atoms with Gasteiger partial charge in [-0.1, -0.05) is 24.6 Å². The summed E-state index contributed by atoms with van der Waals surface area (Å²) in [6.45, 7) is 16.3. The van der Waals surface area contributed by atoms with Crippen molar-refractivity contribution in [1.82, 2.24) is 15.1 Å². The SMILES string of the molecule is C/C(=N\OC(=O)N(CCNCCN(C)C)C(C)(C)C)[C@H]1CC[C@H]2[C@@H]3CCC4=CC(=O)CC[C@]4(C)[C@H]3CC[C@]12C. The summed E-state index contributed by atoms with van der Waals surface area (Å²) in [5, 5.41) is 7.91. The molecule has 1 amide bonds. The molecule has 0 saturated heterocycles. The van der Waals surface area contributed by atoms with E-state index >= 15 is 0 Å². The van der Waals surface area contributed by atoms with Gasteiger partial charge in [-0.25, -0.2) is 4.79 Å². The highest BCUT2D eigenvalue weighted by atomic mass is 16.7. The first-order chi connectivity index (χ1) is 18.3. The van der Waals surface area contributed by atoms with Crippen molar-refractivity contribution < 1.29 is 14.4 Å². The van der Waals surface area contributed by atoms with Crippen molar-refractivity contribution in [3.05, 3.63) is 11.6 Å². The molecule has 7 heteroatoms. The van der Waals surface area contributed by atoms with Crippen LogP contribution < -0.4 is 5.32 Å². The van der Waals surface area contributed by atoms with E-state index in [1.807, 2.05) is 26.8 Å². The van der Waals surface area contributed by atoms with Crippen LogP contribution >= 0.6 is 0 Å². The minimum absolute atomic E-state index is 0.198. The fraction of sp³-hybridized carbons (Fsp3) is 0.844. The topological polar surface area (TPSA) is 74.2 Å². The number of hydrogen-bond acceptors (Lipinski definition) is 6. The van der Waals surface area contributed by atoms with Gasteiger partial charge < -0.3 is 15.1 Å². The molecule has 6 atom stereocenters. The summed E-state index contributed by atoms with van der Waals surface area (Å²) in [6, 6.07) is 0. The van der Waals surface area contributed by atoms with Crippen LogP contribution in [0.15, 0.2) is 16.8 Å². The fourth-order valence-corrected chi connectivity index (χ4v) is 8.79. The Morgan fingerprint density at radius 3 is 2.46 bits per heavy atom. The zero-order chi connectivity index (χ0) is 28.6. The Morgan fingerprint density at radius 2 is 1.77 bits per heavy atom. The van der Waals surface area contributed by atoms with Gasteiger partial charge in [0.1, 0.15) is 0 Å². The van der Waals surface area contributed by atoms with Crippen LogP contribution in [0.25, 0.3) is 0 Å². The van der Waals surface area contributed by atoms with E-state index in [4.69, 9.17) is 4.84 Å². The summed E-state index contributed by atoms with van der Waals surface area (Å²) in [6.07, 6.45) is 10.4. The van der Waals surface area contributed by atoms with E-state index in [-0.39, 0.29) is 22.5 Å². The van der Waals surface area contributed by atoms with Crippen LogP contribution in [0.3, 0.4) is 0 Å². The second-order valence-electron chi connectivity index (χ2n) is 14.6. The van der Waals surface area contributed by atoms with Gasteiger partial charge in [0.05, 0.1) is 5.71 Å². The van der Waals surface area contributed by atoms with Crippen molar-refractivity contribution in [2.75, 3.05) is 40.3 Å². The predicted octanol–water partition coefficient (Wildman–Crippen LogP) is 5.90. The van der Waals surface area contributed by atoms with Gasteiger partial charge in [0.15, 0.2) is 5.78 Å². The molecule has 0 aromatic carbocycles. The Bertz CT molecular complexity index is 982. The summed E-state index contributed by atoms with van der Waals surface area (Å²) >= 11 is 0. The average Bonchev–Trinajstić information content (AvgIpc) is 3.21. The number of ketones is 1. The van der Waals surface area contributed by atoms with Crippen LogP contribution in [-0.2, 0) is 9.63 Å². The fourth-order valence-electron chi connectivity index (χ4n) is 8.79. The number of fused-ring (bicyclic) bond motifs is 5. The van der Waals surface area contributed by atoms with E-state index in [2.05, 4.69) is 50.2 Å². The summed E-state index contributed by atoms with van der Waals surface area (Å²) in [5.74, 6) is 2.76. The second kappa shape index (κ2) is 11.6. The van der Waals surface area contributed by atoms with Gasteiger partial charge >= 0.3 is 6.09 Å². The molecule has 7 nitrogen and oxygen atoms in total. The van der Waals surface area contributed by atoms with Crippen LogP contribution in [0.4, 0.5) is 4.79 Å². The molecule has 3 saturated carbocycles. The quantitative estimate of drug-likeness (QED) is 0.179. The molecule has 0 radical (unpaired) electrons. The largest absolute Gasteiger partial charge is 0.436 e. The highest BCUT2D eigenvalue weighted by Gasteiger charge is 2.59. The lowest BCUT2D eigenvalue weighted by Gasteiger charge is -2.58. The van der Waals surface area contributed by atoms with Gasteiger partial charge in [0.2, 0.25) is 0 Å². The number of nitrogens with zero attached hydrogens (tertiary/aromatic N) is 3. The number of rotatable bonds is 8. The molecule has 0 aliphatic heterocycles. The Kier molecular flexibility index (Phi) is 9.02. The van der Waals surface area contributed by atoms with Crippen molar-refractivity contribution in [2.24, 2.45) is 39.7 Å². The number of allylic oxidation sites excluding steroid dienone is 1. The predicted molar refractivity (Wildman–Crippen MR) is 158 cm³/mol. The first-order valence-corrected chi connectivity index (χ1v) is 15.4. The second-order valence-corrected chi connectivity index (χ2v) is 14.6. The van der Waals surface area contributed by atoms with Crippen molar-refractivity contribution in [3.8, 4) is 0 Å². The number of oxime groups is 1. The number of carbonyl (C=O) groups is 2. The van der Waals surface area contributed by atoms with Crippen molar-refractivity contribution in [1.29, 1.82) is 0 Å². The van der Waals surface area contributed by atoms with E-state index in [0.717, 1.165) is 50.5 Å². The van der Waals surface area contributed by atoms with Gasteiger partial charge in [-0.3, -0.25) is 9.63 Å². The molecule has 3 fully saturated rings. The van der Waals surface area contributed by atoms with E-state index in [1.54, 1.807) is 4.90 Å². The molecule has 0 aromatic heterocycles. The van der Waals surface area contributed by atoms with Crippen molar-refractivity contribution in [2.45, 2.75) is 98.4 Å². The lowest BCUT2D eigenvalue weighted by atomic mass is 9.46. The number of likely N-dealkylation sites (N-methyl/N-ethyl adjacent to an activating group) is 1. The third-order valence-corrected chi connectivity index (χ3v) is 11.0. The normalized spacial score (nSPS) is 34.7. The van der Waals surface area contributed by atoms with E-state index in [1.165, 1.54) is 31.3 Å². The van der Waals surface area contributed by atoms with Crippen LogP contribution in [-0.4, -0.2) is 73.2 Å². The third-order valence-electron chi connectivity index (χ3n) is 11.0. The van der Waals surface area contributed by atoms with E-state index in [0.29, 0.717) is 36.5 Å². The molecule has 0 unspecified atom stereocenters. The highest BCUT2D eigenvalue weighted by molar-refractivity contribution is 5.91. The Labute approximate surface area is 237 Å². The minimum Gasteiger partial charge on any atom is -0.314 e. The molecule has 4 aliphatic carbocycles. The van der Waals surface area contributed by atoms with Crippen LogP contribution in [0.1, 0.15) is 92.9 Å². The molecule has 39 heavy (non-hydrogen) atoms. The van der Waals surface area contributed by atoms with Crippen LogP contribution in [0, 0.1) is 34.5 Å². The standard InChI is InChI=1S/C32H54N4O3/c1-22(34-39-29(38)36(30(2,3)4)20-18-33-17-19-35(7)8)26-11-12-27-25-10-9-23-21-24(37)13-15-31(23,5)28(25)14-16-32(26,27)6/h21,25-28,33H,9-20H2,1-8H3/b34-22+/t25-,26+,27-,28-,31-,32+/m0/s1. The number of carbonyl (C=O) groups excluding carboxylic acids is 2. The molecule has 4 aliphatic rings. The smallest absolute Gasteiger partial charge is 0.314 e. The highest BCUT2D eigenvalue weighted by Crippen LogP contribution is 2.66. The van der Waals surface area contributed by atoms with Gasteiger partial charge in [0.25, 0.3) is 0 Å². The van der Waals surface area contributed by atoms with Crippen molar-refractivity contribution >= 4 is 17.6 Å². The van der Waals surface area contributed by atoms with Gasteiger partial charge in [-0.2, -0.15) is 0 Å². The van der Waals surface area contributed by atoms with Crippen molar-refractivity contribution in [3.63, 3.8) is 0 Å². The molecule has 1 N–H and O–H groups in total. The molecular formula is C32H54N4O3. The number of hydrogen-bond donors (Lipinski definition) is 1. The summed E-state index contributed by atoms with van der Waals surface area (Å²) in [5.41, 5.74) is 2.45. The maximum atomic E-state index is 13.2. The summed E-state index contributed by atoms with van der Waals surface area (Å²) in [4.78, 5) is 34.8. The lowest BCUT2D eigenvalue weighted by Crippen LogP contribution is -2.51. The average molecular weight is 543 g/mol. The molecular weight excluding hydrogens is 488 g/mol. The molecule has 0 heterocycles. The van der Waals surface area contributed by atoms with Gasteiger partial charge in [-0.15, -0.1) is 0 Å². The van der Waals surface area contributed by atoms with E-state index < -0.39 is 0 Å². The molecule has 0 bridgehead atoms. The Morgan fingerprint density at radius 1 is 1.05 bits per heavy atom. The summed E-state index contributed by atoms with van der Waals surface area (Å²) in [7, 11) is 4.11. The van der Waals surface area contributed by atoms with Crippen LogP contribution in [0.2, 0.25) is 0 Å². The maximum absolute atomic E-state index is 13.2. The maximum Gasteiger partial charge on any atom is 0.436 e. The lowest BCUT2D eigenvalue weighted by molar-refractivity contribution is -0.117. The van der Waals surface area contributed by atoms with Crippen LogP contribution in [0.5, 0.6) is 0 Å². The molecule has 4 rings (SSSR count). The molecule has 0 aromatic rings.